The molecule has 1 aromatic carbocycles. The summed E-state index contributed by atoms with van der Waals surface area (Å²) in [6.07, 6.45) is 2.71. The highest BCUT2D eigenvalue weighted by Crippen LogP contribution is 2.29. The van der Waals surface area contributed by atoms with Crippen LogP contribution in [0.5, 0.6) is 0 Å². The molecular formula is C14H17NO. The first-order valence-corrected chi connectivity index (χ1v) is 5.97. The first-order valence-electron chi connectivity index (χ1n) is 5.97. The van der Waals surface area contributed by atoms with Gasteiger partial charge in [-0.3, -0.25) is 0 Å². The topological polar surface area (TPSA) is 14.2 Å². The number of hydrogen-bond donors (Lipinski definition) is 0. The monoisotopic (exact) mass is 215 g/mol. The highest BCUT2D eigenvalue weighted by molar-refractivity contribution is 5.81. The van der Waals surface area contributed by atoms with Crippen LogP contribution in [0.2, 0.25) is 0 Å². The SMILES string of the molecule is Cc1cc2ccccc2n1COCC1CC1. The molecule has 2 nitrogen and oxygen atoms in total. The zero-order valence-electron chi connectivity index (χ0n) is 9.65. The number of para-hydroxylation sites is 1. The first kappa shape index (κ1) is 9.91. The molecule has 0 aliphatic heterocycles. The molecule has 1 fully saturated rings. The Balaban J connectivity index is 1.80. The molecule has 0 amide bonds. The maximum absolute atomic E-state index is 5.75. The summed E-state index contributed by atoms with van der Waals surface area (Å²) in [5.41, 5.74) is 2.55. The van der Waals surface area contributed by atoms with E-state index in [0.29, 0.717) is 6.73 Å². The first-order chi connectivity index (χ1) is 7.84. The zero-order chi connectivity index (χ0) is 11.0. The van der Waals surface area contributed by atoms with Crippen LogP contribution in [0.15, 0.2) is 30.3 Å². The van der Waals surface area contributed by atoms with Gasteiger partial charge in [-0.15, -0.1) is 0 Å². The van der Waals surface area contributed by atoms with Crippen LogP contribution in [0.4, 0.5) is 0 Å². The lowest BCUT2D eigenvalue weighted by atomic mass is 10.2. The molecule has 0 radical (unpaired) electrons. The van der Waals surface area contributed by atoms with Crippen LogP contribution in [0.1, 0.15) is 18.5 Å². The van der Waals surface area contributed by atoms with E-state index < -0.39 is 0 Å². The minimum atomic E-state index is 0.690. The number of hydrogen-bond acceptors (Lipinski definition) is 1. The van der Waals surface area contributed by atoms with Crippen LogP contribution in [-0.4, -0.2) is 11.2 Å². The molecule has 2 aromatic rings. The predicted molar refractivity (Wildman–Crippen MR) is 65.4 cm³/mol. The van der Waals surface area contributed by atoms with Gasteiger partial charge in [-0.1, -0.05) is 18.2 Å². The summed E-state index contributed by atoms with van der Waals surface area (Å²) in [4.78, 5) is 0. The Hall–Kier alpha value is -1.28. The number of ether oxygens (including phenoxy) is 1. The van der Waals surface area contributed by atoms with Crippen LogP contribution in [-0.2, 0) is 11.5 Å². The fourth-order valence-corrected chi connectivity index (χ4v) is 2.11. The molecule has 1 saturated carbocycles. The summed E-state index contributed by atoms with van der Waals surface area (Å²) in [5.74, 6) is 0.835. The molecule has 0 atom stereocenters. The van der Waals surface area contributed by atoms with Crippen molar-refractivity contribution in [2.24, 2.45) is 5.92 Å². The highest BCUT2D eigenvalue weighted by atomic mass is 16.5. The maximum Gasteiger partial charge on any atom is 0.123 e. The highest BCUT2D eigenvalue weighted by Gasteiger charge is 2.21. The molecule has 3 rings (SSSR count). The molecule has 1 aliphatic rings. The van der Waals surface area contributed by atoms with E-state index >= 15 is 0 Å². The largest absolute Gasteiger partial charge is 0.360 e. The van der Waals surface area contributed by atoms with Gasteiger partial charge < -0.3 is 9.30 Å². The smallest absolute Gasteiger partial charge is 0.123 e. The fraction of sp³-hybridized carbons (Fsp3) is 0.429. The van der Waals surface area contributed by atoms with Gasteiger partial charge in [-0.2, -0.15) is 0 Å². The molecule has 2 heteroatoms. The third kappa shape index (κ3) is 1.85. The van der Waals surface area contributed by atoms with E-state index in [-0.39, 0.29) is 0 Å². The van der Waals surface area contributed by atoms with Crippen LogP contribution in [0, 0.1) is 12.8 Å². The van der Waals surface area contributed by atoms with Crippen molar-refractivity contribution in [2.45, 2.75) is 26.5 Å². The van der Waals surface area contributed by atoms with Gasteiger partial charge in [-0.05, 0) is 43.2 Å². The van der Waals surface area contributed by atoms with Crippen molar-refractivity contribution in [2.75, 3.05) is 6.61 Å². The van der Waals surface area contributed by atoms with Gasteiger partial charge in [0.25, 0.3) is 0 Å². The summed E-state index contributed by atoms with van der Waals surface area (Å²) in [5, 5.41) is 1.30. The lowest BCUT2D eigenvalue weighted by Gasteiger charge is -2.08. The van der Waals surface area contributed by atoms with Gasteiger partial charge in [0.2, 0.25) is 0 Å². The summed E-state index contributed by atoms with van der Waals surface area (Å²) >= 11 is 0. The number of aryl methyl sites for hydroxylation is 1. The third-order valence-electron chi connectivity index (χ3n) is 3.29. The van der Waals surface area contributed by atoms with E-state index in [0.717, 1.165) is 12.5 Å². The van der Waals surface area contributed by atoms with Crippen molar-refractivity contribution >= 4 is 10.9 Å². The van der Waals surface area contributed by atoms with Crippen molar-refractivity contribution < 1.29 is 4.74 Å². The lowest BCUT2D eigenvalue weighted by molar-refractivity contribution is 0.0707. The van der Waals surface area contributed by atoms with E-state index in [9.17, 15) is 0 Å². The van der Waals surface area contributed by atoms with Gasteiger partial charge >= 0.3 is 0 Å². The Morgan fingerprint density at radius 2 is 2.12 bits per heavy atom. The molecule has 0 unspecified atom stereocenters. The Labute approximate surface area is 95.8 Å². The van der Waals surface area contributed by atoms with Crippen molar-refractivity contribution in [3.05, 3.63) is 36.0 Å². The molecule has 1 aliphatic carbocycles. The van der Waals surface area contributed by atoms with Crippen molar-refractivity contribution in [3.63, 3.8) is 0 Å². The van der Waals surface area contributed by atoms with Crippen LogP contribution in [0.25, 0.3) is 10.9 Å². The molecule has 0 bridgehead atoms. The number of aromatic nitrogens is 1. The minimum absolute atomic E-state index is 0.690. The third-order valence-corrected chi connectivity index (χ3v) is 3.29. The van der Waals surface area contributed by atoms with Crippen molar-refractivity contribution in [1.29, 1.82) is 0 Å². The van der Waals surface area contributed by atoms with Crippen molar-refractivity contribution in [1.82, 2.24) is 4.57 Å². The number of benzene rings is 1. The van der Waals surface area contributed by atoms with E-state index in [1.165, 1.54) is 29.4 Å². The number of fused-ring (bicyclic) bond motifs is 1. The standard InChI is InChI=1S/C14H17NO/c1-11-8-13-4-2-3-5-14(13)15(11)10-16-9-12-6-7-12/h2-5,8,12H,6-7,9-10H2,1H3. The fourth-order valence-electron chi connectivity index (χ4n) is 2.11. The molecule has 1 heterocycles. The Morgan fingerprint density at radius 1 is 1.31 bits per heavy atom. The second-order valence-electron chi connectivity index (χ2n) is 4.72. The van der Waals surface area contributed by atoms with Crippen LogP contribution >= 0.6 is 0 Å². The molecule has 0 saturated heterocycles. The molecule has 0 N–H and O–H groups in total. The van der Waals surface area contributed by atoms with Gasteiger partial charge in [0.1, 0.15) is 6.73 Å². The summed E-state index contributed by atoms with van der Waals surface area (Å²) in [6.45, 7) is 3.75. The lowest BCUT2D eigenvalue weighted by Crippen LogP contribution is -2.05. The van der Waals surface area contributed by atoms with Crippen molar-refractivity contribution in [3.8, 4) is 0 Å². The molecule has 0 spiro atoms. The summed E-state index contributed by atoms with van der Waals surface area (Å²) < 4.78 is 8.00. The van der Waals surface area contributed by atoms with Crippen LogP contribution < -0.4 is 0 Å². The van der Waals surface area contributed by atoms with E-state index in [4.69, 9.17) is 4.74 Å². The van der Waals surface area contributed by atoms with E-state index in [1.807, 2.05) is 0 Å². The van der Waals surface area contributed by atoms with Gasteiger partial charge in [0.15, 0.2) is 0 Å². The average molecular weight is 215 g/mol. The molecule has 16 heavy (non-hydrogen) atoms. The van der Waals surface area contributed by atoms with E-state index in [1.54, 1.807) is 0 Å². The maximum atomic E-state index is 5.75. The Bertz CT molecular complexity index is 496. The number of rotatable bonds is 4. The quantitative estimate of drug-likeness (QED) is 0.763. The number of nitrogens with zero attached hydrogens (tertiary/aromatic N) is 1. The zero-order valence-corrected chi connectivity index (χ0v) is 9.65. The molecular weight excluding hydrogens is 198 g/mol. The summed E-state index contributed by atoms with van der Waals surface area (Å²) in [7, 11) is 0. The van der Waals surface area contributed by atoms with Gasteiger partial charge in [0, 0.05) is 5.69 Å². The molecule has 84 valence electrons. The molecule has 1 aromatic heterocycles. The van der Waals surface area contributed by atoms with Gasteiger partial charge in [0.05, 0.1) is 12.1 Å². The second kappa shape index (κ2) is 3.95. The van der Waals surface area contributed by atoms with E-state index in [2.05, 4.69) is 41.8 Å². The Kier molecular flexibility index (Phi) is 2.44. The minimum Gasteiger partial charge on any atom is -0.360 e. The Morgan fingerprint density at radius 3 is 2.94 bits per heavy atom. The normalized spacial score (nSPS) is 15.8. The average Bonchev–Trinajstić information content (AvgIpc) is 3.04. The predicted octanol–water partition coefficient (Wildman–Crippen LogP) is 3.33. The van der Waals surface area contributed by atoms with Gasteiger partial charge in [-0.25, -0.2) is 0 Å². The summed E-state index contributed by atoms with van der Waals surface area (Å²) in [6, 6.07) is 10.7. The second-order valence-corrected chi connectivity index (χ2v) is 4.72. The van der Waals surface area contributed by atoms with Crippen LogP contribution in [0.3, 0.4) is 0 Å².